The number of ether oxygens (including phenoxy) is 1. The van der Waals surface area contributed by atoms with Gasteiger partial charge in [-0.2, -0.15) is 0 Å². The minimum absolute atomic E-state index is 0.123. The van der Waals surface area contributed by atoms with Gasteiger partial charge in [-0.05, 0) is 49.4 Å². The molecule has 1 aliphatic carbocycles. The van der Waals surface area contributed by atoms with Crippen LogP contribution in [0.4, 0.5) is 0 Å². The lowest BCUT2D eigenvalue weighted by molar-refractivity contribution is -0.136. The minimum Gasteiger partial charge on any atom is -0.372 e. The van der Waals surface area contributed by atoms with Crippen LogP contribution < -0.4 is 0 Å². The van der Waals surface area contributed by atoms with Gasteiger partial charge in [0, 0.05) is 25.5 Å². The number of carbonyl (C=O) groups excluding carboxylic acids is 1. The average molecular weight is 364 g/mol. The molecule has 1 saturated carbocycles. The Morgan fingerprint density at radius 1 is 1.22 bits per heavy atom. The number of amides is 1. The summed E-state index contributed by atoms with van der Waals surface area (Å²) in [5.74, 6) is 0.306. The van der Waals surface area contributed by atoms with Crippen molar-refractivity contribution in [1.82, 2.24) is 9.88 Å². The highest BCUT2D eigenvalue weighted by Crippen LogP contribution is 2.43. The smallest absolute Gasteiger partial charge is 0.233 e. The van der Waals surface area contributed by atoms with Crippen LogP contribution >= 0.6 is 0 Å². The normalized spacial score (nSPS) is 21.5. The Hall–Kier alpha value is -2.20. The summed E-state index contributed by atoms with van der Waals surface area (Å²) in [6, 6.07) is 12.5. The van der Waals surface area contributed by atoms with E-state index in [1.54, 1.807) is 12.4 Å². The molecule has 142 valence electrons. The summed E-state index contributed by atoms with van der Waals surface area (Å²) in [6.07, 6.45) is 8.82. The molecule has 1 saturated heterocycles. The van der Waals surface area contributed by atoms with Gasteiger partial charge in [0.15, 0.2) is 0 Å². The standard InChI is InChI=1S/C23H28N2O2/c1-18-5-4-6-20(15-18)23(10-2-3-11-23)22(26)25-14-9-21(16-25)27-17-19-7-12-24-13-8-19/h4-8,12-13,15,21H,2-3,9-11,14,16-17H2,1H3/t21-/m1/s1. The van der Waals surface area contributed by atoms with E-state index in [0.29, 0.717) is 19.1 Å². The van der Waals surface area contributed by atoms with E-state index in [9.17, 15) is 4.79 Å². The average Bonchev–Trinajstić information content (AvgIpc) is 3.37. The van der Waals surface area contributed by atoms with E-state index in [0.717, 1.165) is 44.2 Å². The van der Waals surface area contributed by atoms with Crippen molar-refractivity contribution >= 4 is 5.91 Å². The van der Waals surface area contributed by atoms with Crippen LogP contribution in [0.25, 0.3) is 0 Å². The van der Waals surface area contributed by atoms with E-state index < -0.39 is 0 Å². The Labute approximate surface area is 161 Å². The molecule has 1 aliphatic heterocycles. The molecule has 2 fully saturated rings. The third kappa shape index (κ3) is 3.77. The fourth-order valence-electron chi connectivity index (χ4n) is 4.59. The second-order valence-corrected chi connectivity index (χ2v) is 7.99. The predicted octanol–water partition coefficient (Wildman–Crippen LogP) is 4.02. The molecule has 0 unspecified atom stereocenters. The van der Waals surface area contributed by atoms with Crippen LogP contribution in [0.1, 0.15) is 48.8 Å². The first kappa shape index (κ1) is 18.2. The molecular weight excluding hydrogens is 336 g/mol. The van der Waals surface area contributed by atoms with Crippen LogP contribution in [0.15, 0.2) is 48.8 Å². The molecule has 1 aromatic heterocycles. The highest BCUT2D eigenvalue weighted by molar-refractivity contribution is 5.89. The Morgan fingerprint density at radius 3 is 2.74 bits per heavy atom. The van der Waals surface area contributed by atoms with Crippen LogP contribution in [0.3, 0.4) is 0 Å². The second-order valence-electron chi connectivity index (χ2n) is 7.99. The van der Waals surface area contributed by atoms with Gasteiger partial charge in [-0.15, -0.1) is 0 Å². The van der Waals surface area contributed by atoms with Crippen molar-refractivity contribution < 1.29 is 9.53 Å². The molecule has 1 atom stereocenters. The summed E-state index contributed by atoms with van der Waals surface area (Å²) in [5.41, 5.74) is 3.23. The van der Waals surface area contributed by atoms with Crippen molar-refractivity contribution in [2.75, 3.05) is 13.1 Å². The fourth-order valence-corrected chi connectivity index (χ4v) is 4.59. The Kier molecular flexibility index (Phi) is 5.26. The maximum Gasteiger partial charge on any atom is 0.233 e. The molecule has 2 aromatic rings. The number of aryl methyl sites for hydroxylation is 1. The molecule has 2 heterocycles. The lowest BCUT2D eigenvalue weighted by atomic mass is 9.77. The number of aromatic nitrogens is 1. The number of likely N-dealkylation sites (tertiary alicyclic amines) is 1. The number of carbonyl (C=O) groups is 1. The SMILES string of the molecule is Cc1cccc(C2(C(=O)N3CC[C@@H](OCc4ccncc4)C3)CCCC2)c1. The third-order valence-electron chi connectivity index (χ3n) is 6.10. The van der Waals surface area contributed by atoms with Gasteiger partial charge >= 0.3 is 0 Å². The first-order valence-electron chi connectivity index (χ1n) is 10.0. The van der Waals surface area contributed by atoms with Crippen LogP contribution in [0.5, 0.6) is 0 Å². The van der Waals surface area contributed by atoms with Crippen LogP contribution in [0, 0.1) is 6.92 Å². The largest absolute Gasteiger partial charge is 0.372 e. The number of nitrogens with zero attached hydrogens (tertiary/aromatic N) is 2. The van der Waals surface area contributed by atoms with E-state index in [1.165, 1.54) is 11.1 Å². The number of hydrogen-bond acceptors (Lipinski definition) is 3. The fraction of sp³-hybridized carbons (Fsp3) is 0.478. The van der Waals surface area contributed by atoms with Crippen LogP contribution in [0.2, 0.25) is 0 Å². The lowest BCUT2D eigenvalue weighted by Gasteiger charge is -2.33. The zero-order chi connectivity index (χ0) is 18.7. The van der Waals surface area contributed by atoms with Crippen molar-refractivity contribution in [1.29, 1.82) is 0 Å². The van der Waals surface area contributed by atoms with E-state index in [2.05, 4.69) is 36.2 Å². The summed E-state index contributed by atoms with van der Waals surface area (Å²) >= 11 is 0. The topological polar surface area (TPSA) is 42.4 Å². The molecule has 1 amide bonds. The molecule has 4 rings (SSSR count). The molecule has 4 nitrogen and oxygen atoms in total. The van der Waals surface area contributed by atoms with Crippen molar-refractivity contribution in [3.8, 4) is 0 Å². The van der Waals surface area contributed by atoms with Gasteiger partial charge in [-0.1, -0.05) is 42.7 Å². The number of benzene rings is 1. The monoisotopic (exact) mass is 364 g/mol. The zero-order valence-corrected chi connectivity index (χ0v) is 16.1. The molecular formula is C23H28N2O2. The molecule has 0 spiro atoms. The lowest BCUT2D eigenvalue weighted by Crippen LogP contribution is -2.45. The van der Waals surface area contributed by atoms with Gasteiger partial charge in [-0.3, -0.25) is 9.78 Å². The molecule has 0 N–H and O–H groups in total. The van der Waals surface area contributed by atoms with Gasteiger partial charge < -0.3 is 9.64 Å². The zero-order valence-electron chi connectivity index (χ0n) is 16.1. The highest BCUT2D eigenvalue weighted by Gasteiger charge is 2.46. The van der Waals surface area contributed by atoms with Crippen LogP contribution in [-0.4, -0.2) is 35.0 Å². The third-order valence-corrected chi connectivity index (χ3v) is 6.10. The molecule has 1 aromatic carbocycles. The molecule has 0 radical (unpaired) electrons. The molecule has 2 aliphatic rings. The van der Waals surface area contributed by atoms with E-state index in [1.807, 2.05) is 17.0 Å². The summed E-state index contributed by atoms with van der Waals surface area (Å²) in [7, 11) is 0. The van der Waals surface area contributed by atoms with Crippen molar-refractivity contribution in [2.45, 2.75) is 57.2 Å². The minimum atomic E-state index is -0.327. The Balaban J connectivity index is 1.44. The summed E-state index contributed by atoms with van der Waals surface area (Å²) in [6.45, 7) is 4.19. The highest BCUT2D eigenvalue weighted by atomic mass is 16.5. The van der Waals surface area contributed by atoms with Gasteiger partial charge in [0.2, 0.25) is 5.91 Å². The van der Waals surface area contributed by atoms with Crippen LogP contribution in [-0.2, 0) is 21.6 Å². The number of pyridine rings is 1. The van der Waals surface area contributed by atoms with Crippen molar-refractivity contribution in [3.05, 3.63) is 65.5 Å². The Bertz CT molecular complexity index is 784. The summed E-state index contributed by atoms with van der Waals surface area (Å²) in [4.78, 5) is 19.6. The van der Waals surface area contributed by atoms with Crippen molar-refractivity contribution in [3.63, 3.8) is 0 Å². The summed E-state index contributed by atoms with van der Waals surface area (Å²) < 4.78 is 6.07. The molecule has 0 bridgehead atoms. The van der Waals surface area contributed by atoms with E-state index in [-0.39, 0.29) is 11.5 Å². The molecule has 4 heteroatoms. The summed E-state index contributed by atoms with van der Waals surface area (Å²) in [5, 5.41) is 0. The predicted molar refractivity (Wildman–Crippen MR) is 105 cm³/mol. The first-order valence-corrected chi connectivity index (χ1v) is 10.0. The Morgan fingerprint density at radius 2 is 2.00 bits per heavy atom. The van der Waals surface area contributed by atoms with E-state index in [4.69, 9.17) is 4.74 Å². The van der Waals surface area contributed by atoms with Gasteiger partial charge in [-0.25, -0.2) is 0 Å². The van der Waals surface area contributed by atoms with Gasteiger partial charge in [0.05, 0.1) is 18.1 Å². The second kappa shape index (κ2) is 7.81. The number of rotatable bonds is 5. The maximum atomic E-state index is 13.6. The van der Waals surface area contributed by atoms with Gasteiger partial charge in [0.25, 0.3) is 0 Å². The van der Waals surface area contributed by atoms with E-state index >= 15 is 0 Å². The first-order chi connectivity index (χ1) is 13.2. The van der Waals surface area contributed by atoms with Crippen molar-refractivity contribution in [2.24, 2.45) is 0 Å². The number of hydrogen-bond donors (Lipinski definition) is 0. The maximum absolute atomic E-state index is 13.6. The molecule has 27 heavy (non-hydrogen) atoms. The quantitative estimate of drug-likeness (QED) is 0.805. The van der Waals surface area contributed by atoms with Gasteiger partial charge in [0.1, 0.15) is 0 Å².